The molecule has 9 heteroatoms. The fourth-order valence-electron chi connectivity index (χ4n) is 6.39. The van der Waals surface area contributed by atoms with Crippen molar-refractivity contribution >= 4 is 23.2 Å². The van der Waals surface area contributed by atoms with E-state index in [4.69, 9.17) is 16.3 Å². The highest BCUT2D eigenvalue weighted by molar-refractivity contribution is 6.32. The van der Waals surface area contributed by atoms with Gasteiger partial charge in [-0.15, -0.1) is 0 Å². The monoisotopic (exact) mass is 507 g/mol. The molecule has 0 aliphatic carbocycles. The van der Waals surface area contributed by atoms with Gasteiger partial charge in [0.2, 0.25) is 0 Å². The first-order valence-electron chi connectivity index (χ1n) is 11.9. The van der Waals surface area contributed by atoms with Crippen molar-refractivity contribution in [1.82, 2.24) is 4.90 Å². The number of hydrogen-bond donors (Lipinski definition) is 1. The minimum absolute atomic E-state index is 0.00314. The highest BCUT2D eigenvalue weighted by Gasteiger charge is 2.73. The number of nitrogens with one attached hydrogen (secondary N) is 1. The van der Waals surface area contributed by atoms with Crippen molar-refractivity contribution in [2.45, 2.75) is 43.0 Å². The van der Waals surface area contributed by atoms with Crippen molar-refractivity contribution in [3.63, 3.8) is 0 Å². The van der Waals surface area contributed by atoms with Crippen LogP contribution in [-0.2, 0) is 16.9 Å². The van der Waals surface area contributed by atoms with Gasteiger partial charge < -0.3 is 10.1 Å². The quantitative estimate of drug-likeness (QED) is 0.383. The summed E-state index contributed by atoms with van der Waals surface area (Å²) in [4.78, 5) is 27.9. The van der Waals surface area contributed by atoms with Crippen LogP contribution in [0.4, 0.5) is 10.1 Å². The summed E-state index contributed by atoms with van der Waals surface area (Å²) >= 11 is 6.56. The Morgan fingerprint density at radius 2 is 1.94 bits per heavy atom. The second kappa shape index (κ2) is 8.57. The fraction of sp³-hybridized carbons (Fsp3) is 0.296. The number of carbonyl (C=O) groups excluding carboxylic acids is 1. The van der Waals surface area contributed by atoms with Crippen molar-refractivity contribution in [1.29, 1.82) is 0 Å². The Labute approximate surface area is 212 Å². The number of para-hydroxylation sites is 1. The second-order valence-corrected chi connectivity index (χ2v) is 9.90. The summed E-state index contributed by atoms with van der Waals surface area (Å²) in [6.45, 7) is 0.605. The molecule has 1 N–H and O–H groups in total. The van der Waals surface area contributed by atoms with Gasteiger partial charge in [-0.1, -0.05) is 54.1 Å². The van der Waals surface area contributed by atoms with E-state index in [1.54, 1.807) is 42.5 Å². The predicted molar refractivity (Wildman–Crippen MR) is 132 cm³/mol. The number of halogens is 2. The third-order valence-corrected chi connectivity index (χ3v) is 8.07. The molecule has 3 aromatic rings. The van der Waals surface area contributed by atoms with Crippen molar-refractivity contribution in [2.24, 2.45) is 0 Å². The van der Waals surface area contributed by atoms with Crippen molar-refractivity contribution in [2.75, 3.05) is 11.9 Å². The van der Waals surface area contributed by atoms with Gasteiger partial charge in [-0.2, -0.15) is 0 Å². The van der Waals surface area contributed by atoms with Gasteiger partial charge in [0.05, 0.1) is 10.9 Å². The van der Waals surface area contributed by atoms with Crippen LogP contribution in [0.3, 0.4) is 0 Å². The molecule has 3 aliphatic rings. The molecule has 184 valence electrons. The van der Waals surface area contributed by atoms with E-state index in [9.17, 15) is 19.3 Å². The number of carbonyl (C=O) groups is 1. The van der Waals surface area contributed by atoms with Crippen LogP contribution in [0.1, 0.15) is 35.4 Å². The van der Waals surface area contributed by atoms with Crippen LogP contribution in [-0.4, -0.2) is 34.4 Å². The molecule has 1 amide bonds. The molecule has 3 aliphatic heterocycles. The number of fused-ring (bicyclic) bond motifs is 4. The van der Waals surface area contributed by atoms with E-state index in [1.165, 1.54) is 6.07 Å². The minimum atomic E-state index is -1.38. The van der Waals surface area contributed by atoms with Crippen LogP contribution in [0.15, 0.2) is 66.7 Å². The molecule has 0 saturated carbocycles. The van der Waals surface area contributed by atoms with E-state index in [2.05, 4.69) is 5.32 Å². The zero-order valence-electron chi connectivity index (χ0n) is 19.2. The molecular formula is C27H23ClFN3O4. The molecule has 3 aromatic carbocycles. The summed E-state index contributed by atoms with van der Waals surface area (Å²) in [5.74, 6) is -0.902. The number of nitro groups is 1. The molecule has 2 fully saturated rings. The zero-order valence-corrected chi connectivity index (χ0v) is 20.0. The Morgan fingerprint density at radius 1 is 1.17 bits per heavy atom. The summed E-state index contributed by atoms with van der Waals surface area (Å²) in [5, 5.41) is 15.9. The number of ether oxygens (including phenoxy) is 1. The Morgan fingerprint density at radius 3 is 2.72 bits per heavy atom. The molecule has 36 heavy (non-hydrogen) atoms. The van der Waals surface area contributed by atoms with Gasteiger partial charge in [-0.05, 0) is 42.7 Å². The number of benzene rings is 3. The lowest BCUT2D eigenvalue weighted by atomic mass is 9.77. The normalized spacial score (nSPS) is 26.6. The van der Waals surface area contributed by atoms with Crippen LogP contribution in [0.2, 0.25) is 5.02 Å². The third-order valence-electron chi connectivity index (χ3n) is 7.78. The van der Waals surface area contributed by atoms with Crippen molar-refractivity contribution in [3.8, 4) is 5.75 Å². The molecule has 0 bridgehead atoms. The van der Waals surface area contributed by atoms with Gasteiger partial charge in [-0.25, -0.2) is 4.39 Å². The van der Waals surface area contributed by atoms with Crippen LogP contribution in [0.5, 0.6) is 5.75 Å². The summed E-state index contributed by atoms with van der Waals surface area (Å²) in [6.07, 6.45) is 1.59. The minimum Gasteiger partial charge on any atom is -0.487 e. The summed E-state index contributed by atoms with van der Waals surface area (Å²) in [6, 6.07) is 17.3. The average molecular weight is 508 g/mol. The highest BCUT2D eigenvalue weighted by Crippen LogP contribution is 2.58. The first kappa shape index (κ1) is 22.9. The van der Waals surface area contributed by atoms with Crippen LogP contribution in [0.25, 0.3) is 0 Å². The van der Waals surface area contributed by atoms with E-state index < -0.39 is 17.5 Å². The van der Waals surface area contributed by atoms with Crippen LogP contribution < -0.4 is 10.1 Å². The van der Waals surface area contributed by atoms with Crippen LogP contribution in [0, 0.1) is 15.9 Å². The Bertz CT molecular complexity index is 1380. The zero-order chi connectivity index (χ0) is 25.0. The van der Waals surface area contributed by atoms with Crippen LogP contribution >= 0.6 is 11.6 Å². The average Bonchev–Trinajstić information content (AvgIpc) is 3.52. The van der Waals surface area contributed by atoms with Gasteiger partial charge >= 0.3 is 0 Å². The van der Waals surface area contributed by atoms with E-state index in [0.29, 0.717) is 34.7 Å². The number of anilines is 1. The van der Waals surface area contributed by atoms with E-state index in [-0.39, 0.29) is 34.3 Å². The van der Waals surface area contributed by atoms with Crippen molar-refractivity contribution < 1.29 is 18.8 Å². The molecule has 7 nitrogen and oxygen atoms in total. The Hall–Kier alpha value is -3.49. The maximum absolute atomic E-state index is 14.0. The Kier molecular flexibility index (Phi) is 5.46. The van der Waals surface area contributed by atoms with Gasteiger partial charge in [0.1, 0.15) is 18.2 Å². The number of amides is 1. The third kappa shape index (κ3) is 3.24. The van der Waals surface area contributed by atoms with Gasteiger partial charge in [0.15, 0.2) is 5.54 Å². The highest BCUT2D eigenvalue weighted by atomic mass is 35.5. The smallest absolute Gasteiger partial charge is 0.256 e. The molecule has 0 radical (unpaired) electrons. The largest absolute Gasteiger partial charge is 0.487 e. The standard InChI is InChI=1S/C27H23ClFN3O4/c28-19-14-16(11-12-23(19)36-15-17-6-1-3-8-20(17)29)24-22-10-5-13-31(22)27(25(24)32(34)35)18-7-2-4-9-21(18)30-26(27)33/h1-4,6-9,11-12,14,22,24-25H,5,10,13,15H2,(H,30,33)/t22-,24-,25-,27+/m1/s1. The maximum Gasteiger partial charge on any atom is 0.256 e. The van der Waals surface area contributed by atoms with E-state index in [1.807, 2.05) is 23.1 Å². The molecule has 1 spiro atoms. The molecule has 0 aromatic heterocycles. The Balaban J connectivity index is 1.38. The molecule has 0 unspecified atom stereocenters. The summed E-state index contributed by atoms with van der Waals surface area (Å²) in [7, 11) is 0. The summed E-state index contributed by atoms with van der Waals surface area (Å²) < 4.78 is 19.7. The summed E-state index contributed by atoms with van der Waals surface area (Å²) in [5.41, 5.74) is 0.984. The fourth-order valence-corrected chi connectivity index (χ4v) is 6.63. The molecule has 3 heterocycles. The van der Waals surface area contributed by atoms with Gasteiger partial charge in [0.25, 0.3) is 11.9 Å². The topological polar surface area (TPSA) is 84.7 Å². The van der Waals surface area contributed by atoms with Gasteiger partial charge in [-0.3, -0.25) is 19.8 Å². The molecule has 6 rings (SSSR count). The lowest BCUT2D eigenvalue weighted by Gasteiger charge is -2.32. The van der Waals surface area contributed by atoms with Gasteiger partial charge in [0, 0.05) is 34.3 Å². The van der Waals surface area contributed by atoms with E-state index in [0.717, 1.165) is 12.8 Å². The first-order valence-corrected chi connectivity index (χ1v) is 12.3. The molecule has 2 saturated heterocycles. The lowest BCUT2D eigenvalue weighted by molar-refractivity contribution is -0.534. The SMILES string of the molecule is O=C1Nc2ccccc2[C@]12[C@H]([N+](=O)[O-])[C@H](c1ccc(OCc3ccccc3F)c(Cl)c1)[C@H]1CCCN12. The molecule has 4 atom stereocenters. The maximum atomic E-state index is 14.0. The number of rotatable bonds is 5. The first-order chi connectivity index (χ1) is 17.4. The number of hydrogen-bond acceptors (Lipinski definition) is 5. The predicted octanol–water partition coefficient (Wildman–Crippen LogP) is 5.11. The molecular weight excluding hydrogens is 485 g/mol. The lowest BCUT2D eigenvalue weighted by Crippen LogP contribution is -2.55. The number of nitrogens with zero attached hydrogens (tertiary/aromatic N) is 2. The van der Waals surface area contributed by atoms with E-state index >= 15 is 0 Å². The second-order valence-electron chi connectivity index (χ2n) is 9.49. The van der Waals surface area contributed by atoms with Crippen molar-refractivity contribution in [3.05, 3.63) is 104 Å².